The summed E-state index contributed by atoms with van der Waals surface area (Å²) in [7, 11) is 0. The van der Waals surface area contributed by atoms with E-state index in [0.29, 0.717) is 13.0 Å². The van der Waals surface area contributed by atoms with E-state index in [1.807, 2.05) is 25.2 Å². The molecule has 0 aliphatic rings. The Balaban J connectivity index is 3.78. The number of hydrogen-bond acceptors (Lipinski definition) is 4. The molecule has 28 heavy (non-hydrogen) atoms. The van der Waals surface area contributed by atoms with Crippen molar-refractivity contribution < 1.29 is 19.7 Å². The summed E-state index contributed by atoms with van der Waals surface area (Å²) in [4.78, 5) is 15.7. The molecule has 0 radical (unpaired) electrons. The van der Waals surface area contributed by atoms with E-state index in [4.69, 9.17) is 9.99 Å². The quantitative estimate of drug-likeness (QED) is 0.0748. The summed E-state index contributed by atoms with van der Waals surface area (Å²) in [5.74, 6) is -0.142. The van der Waals surface area contributed by atoms with E-state index in [2.05, 4.69) is 54.3 Å². The summed E-state index contributed by atoms with van der Waals surface area (Å²) < 4.78 is 4.89. The molecular weight excluding hydrogens is 352 g/mol. The predicted molar refractivity (Wildman–Crippen MR) is 117 cm³/mol. The van der Waals surface area contributed by atoms with Gasteiger partial charge in [0, 0.05) is 6.42 Å². The number of carbonyl (C=O) groups excluding carboxylic acids is 1. The van der Waals surface area contributed by atoms with Crippen molar-refractivity contribution in [3.8, 4) is 0 Å². The fourth-order valence-corrected chi connectivity index (χ4v) is 2.44. The molecule has 0 heterocycles. The van der Waals surface area contributed by atoms with Crippen LogP contribution in [0.3, 0.4) is 0 Å². The van der Waals surface area contributed by atoms with Crippen molar-refractivity contribution in [2.45, 2.75) is 77.7 Å². The van der Waals surface area contributed by atoms with Crippen molar-refractivity contribution in [2.24, 2.45) is 0 Å². The Morgan fingerprint density at radius 3 is 2.11 bits per heavy atom. The van der Waals surface area contributed by atoms with Crippen LogP contribution in [0.2, 0.25) is 0 Å². The van der Waals surface area contributed by atoms with Gasteiger partial charge in [-0.1, -0.05) is 80.5 Å². The van der Waals surface area contributed by atoms with Crippen LogP contribution in [0.1, 0.15) is 71.6 Å². The molecule has 1 N–H and O–H groups in total. The fourth-order valence-electron chi connectivity index (χ4n) is 2.44. The number of hydrogen-bond donors (Lipinski definition) is 1. The summed E-state index contributed by atoms with van der Waals surface area (Å²) in [6.07, 6.45) is 28.2. The van der Waals surface area contributed by atoms with Gasteiger partial charge in [-0.15, -0.1) is 0 Å². The zero-order chi connectivity index (χ0) is 20.7. The standard InChI is InChI=1S/C24H38O4/c1-3-5-6-7-8-9-10-11-12-13-14-15-17-20-23(28-26)21-18-16-19-22-24(25)27-4-2/h5-6,8-9,11-12,14-15,17,20,23,26H,3-4,7,10,13,16,18-19,21-22H2,1-2H3/b6-5-,9-8-,12-11-,15-14-,20-17+. The molecule has 0 spiro atoms. The Morgan fingerprint density at radius 2 is 1.50 bits per heavy atom. The third-order valence-corrected chi connectivity index (χ3v) is 3.94. The first-order valence-electron chi connectivity index (χ1n) is 10.5. The number of rotatable bonds is 17. The van der Waals surface area contributed by atoms with Gasteiger partial charge in [0.2, 0.25) is 0 Å². The van der Waals surface area contributed by atoms with Crippen molar-refractivity contribution in [3.05, 3.63) is 60.8 Å². The van der Waals surface area contributed by atoms with E-state index < -0.39 is 0 Å². The number of esters is 1. The molecule has 1 atom stereocenters. The van der Waals surface area contributed by atoms with Gasteiger partial charge in [-0.05, 0) is 45.4 Å². The molecule has 0 amide bonds. The van der Waals surface area contributed by atoms with E-state index in [9.17, 15) is 4.79 Å². The van der Waals surface area contributed by atoms with Gasteiger partial charge in [0.25, 0.3) is 0 Å². The van der Waals surface area contributed by atoms with E-state index >= 15 is 0 Å². The zero-order valence-electron chi connectivity index (χ0n) is 17.6. The Morgan fingerprint density at radius 1 is 0.857 bits per heavy atom. The maximum Gasteiger partial charge on any atom is 0.305 e. The van der Waals surface area contributed by atoms with Crippen LogP contribution in [0.4, 0.5) is 0 Å². The van der Waals surface area contributed by atoms with Gasteiger partial charge in [0.05, 0.1) is 6.61 Å². The van der Waals surface area contributed by atoms with Crippen molar-refractivity contribution >= 4 is 5.97 Å². The monoisotopic (exact) mass is 390 g/mol. The molecule has 0 fully saturated rings. The first-order chi connectivity index (χ1) is 13.7. The molecule has 0 aromatic rings. The Bertz CT molecular complexity index is 501. The number of allylic oxidation sites excluding steroid dienone is 9. The minimum absolute atomic E-state index is 0.142. The van der Waals surface area contributed by atoms with Crippen LogP contribution < -0.4 is 0 Å². The van der Waals surface area contributed by atoms with Crippen LogP contribution in [-0.4, -0.2) is 23.9 Å². The van der Waals surface area contributed by atoms with Gasteiger partial charge in [-0.3, -0.25) is 10.1 Å². The SMILES string of the molecule is CC/C=C\C/C=C\C/C=C\C/C=C\C=C\C(CCCCCC(=O)OCC)OO. The van der Waals surface area contributed by atoms with E-state index in [-0.39, 0.29) is 12.1 Å². The second-order valence-electron chi connectivity index (χ2n) is 6.39. The highest BCUT2D eigenvalue weighted by Crippen LogP contribution is 2.09. The van der Waals surface area contributed by atoms with E-state index in [1.165, 1.54) is 0 Å². The molecule has 0 bridgehead atoms. The van der Waals surface area contributed by atoms with Gasteiger partial charge in [0.15, 0.2) is 0 Å². The van der Waals surface area contributed by atoms with Crippen LogP contribution in [0.5, 0.6) is 0 Å². The minimum Gasteiger partial charge on any atom is -0.466 e. The lowest BCUT2D eigenvalue weighted by Crippen LogP contribution is -2.07. The van der Waals surface area contributed by atoms with Crippen molar-refractivity contribution in [2.75, 3.05) is 6.61 Å². The van der Waals surface area contributed by atoms with Crippen LogP contribution >= 0.6 is 0 Å². The zero-order valence-corrected chi connectivity index (χ0v) is 17.6. The highest BCUT2D eigenvalue weighted by Gasteiger charge is 2.05. The number of carbonyl (C=O) groups is 1. The fraction of sp³-hybridized carbons (Fsp3) is 0.542. The molecule has 0 aromatic carbocycles. The normalized spacial score (nSPS) is 13.7. The second-order valence-corrected chi connectivity index (χ2v) is 6.39. The molecule has 4 nitrogen and oxygen atoms in total. The Labute approximate surface area is 171 Å². The van der Waals surface area contributed by atoms with Gasteiger partial charge in [0.1, 0.15) is 6.10 Å². The van der Waals surface area contributed by atoms with Crippen LogP contribution in [0, 0.1) is 0 Å². The summed E-state index contributed by atoms with van der Waals surface area (Å²) in [6, 6.07) is 0. The van der Waals surface area contributed by atoms with Crippen molar-refractivity contribution in [3.63, 3.8) is 0 Å². The molecule has 1 unspecified atom stereocenters. The molecule has 0 aromatic heterocycles. The van der Waals surface area contributed by atoms with E-state index in [0.717, 1.165) is 51.4 Å². The summed E-state index contributed by atoms with van der Waals surface area (Å²) in [5, 5.41) is 8.96. The number of ether oxygens (including phenoxy) is 1. The molecule has 0 rings (SSSR count). The molecule has 0 aliphatic carbocycles. The molecule has 4 heteroatoms. The van der Waals surface area contributed by atoms with E-state index in [1.54, 1.807) is 0 Å². The highest BCUT2D eigenvalue weighted by molar-refractivity contribution is 5.69. The maximum absolute atomic E-state index is 11.2. The second kappa shape index (κ2) is 21.4. The Kier molecular flexibility index (Phi) is 19.9. The highest BCUT2D eigenvalue weighted by atomic mass is 17.1. The lowest BCUT2D eigenvalue weighted by atomic mass is 10.1. The predicted octanol–water partition coefficient (Wildman–Crippen LogP) is 6.72. The van der Waals surface area contributed by atoms with Crippen LogP contribution in [-0.2, 0) is 14.4 Å². The first kappa shape index (κ1) is 26.1. The molecule has 0 saturated carbocycles. The lowest BCUT2D eigenvalue weighted by molar-refractivity contribution is -0.267. The maximum atomic E-state index is 11.2. The molecule has 0 saturated heterocycles. The smallest absolute Gasteiger partial charge is 0.305 e. The molecule has 158 valence electrons. The average molecular weight is 391 g/mol. The molecular formula is C24H38O4. The van der Waals surface area contributed by atoms with Gasteiger partial charge in [-0.25, -0.2) is 4.89 Å². The summed E-state index contributed by atoms with van der Waals surface area (Å²) >= 11 is 0. The summed E-state index contributed by atoms with van der Waals surface area (Å²) in [6.45, 7) is 4.38. The largest absolute Gasteiger partial charge is 0.466 e. The van der Waals surface area contributed by atoms with Crippen molar-refractivity contribution in [1.29, 1.82) is 0 Å². The Hall–Kier alpha value is -1.91. The lowest BCUT2D eigenvalue weighted by Gasteiger charge is -2.08. The van der Waals surface area contributed by atoms with Gasteiger partial charge >= 0.3 is 5.97 Å². The summed E-state index contributed by atoms with van der Waals surface area (Å²) in [5.41, 5.74) is 0. The van der Waals surface area contributed by atoms with Gasteiger partial charge in [-0.2, -0.15) is 0 Å². The average Bonchev–Trinajstić information content (AvgIpc) is 2.69. The van der Waals surface area contributed by atoms with Crippen molar-refractivity contribution in [1.82, 2.24) is 0 Å². The minimum atomic E-state index is -0.310. The molecule has 0 aliphatic heterocycles. The number of unbranched alkanes of at least 4 members (excludes halogenated alkanes) is 2. The van der Waals surface area contributed by atoms with Gasteiger partial charge < -0.3 is 4.74 Å². The third kappa shape index (κ3) is 18.9. The first-order valence-corrected chi connectivity index (χ1v) is 10.5. The van der Waals surface area contributed by atoms with Crippen LogP contribution in [0.15, 0.2) is 60.8 Å². The van der Waals surface area contributed by atoms with Crippen LogP contribution in [0.25, 0.3) is 0 Å². The third-order valence-electron chi connectivity index (χ3n) is 3.94. The topological polar surface area (TPSA) is 55.8 Å².